The van der Waals surface area contributed by atoms with Gasteiger partial charge in [0.05, 0.1) is 10.4 Å². The maximum atomic E-state index is 12.6. The number of carboxylic acids is 1. The Balaban J connectivity index is 2.22. The number of aryl methyl sites for hydroxylation is 1. The van der Waals surface area contributed by atoms with Crippen LogP contribution in [0.15, 0.2) is 5.38 Å². The smallest absolute Gasteiger partial charge is 0.311 e. The summed E-state index contributed by atoms with van der Waals surface area (Å²) in [5.41, 5.74) is 0.0848. The summed E-state index contributed by atoms with van der Waals surface area (Å²) in [6.07, 6.45) is 2.76. The molecular weight excluding hydrogens is 310 g/mol. The van der Waals surface area contributed by atoms with Gasteiger partial charge < -0.3 is 10.0 Å². The van der Waals surface area contributed by atoms with Crippen molar-refractivity contribution in [2.24, 2.45) is 5.41 Å². The molecule has 0 spiro atoms. The molecule has 4 nitrogen and oxygen atoms in total. The van der Waals surface area contributed by atoms with E-state index in [1.54, 1.807) is 4.90 Å². The van der Waals surface area contributed by atoms with E-state index in [0.717, 1.165) is 18.4 Å². The van der Waals surface area contributed by atoms with Crippen molar-refractivity contribution in [3.05, 3.63) is 20.8 Å². The number of carbonyl (C=O) groups is 2. The number of hydrogen-bond donors (Lipinski definition) is 1. The van der Waals surface area contributed by atoms with E-state index in [9.17, 15) is 14.7 Å². The van der Waals surface area contributed by atoms with Gasteiger partial charge in [-0.25, -0.2) is 0 Å². The van der Waals surface area contributed by atoms with Crippen LogP contribution in [0, 0.1) is 12.3 Å². The van der Waals surface area contributed by atoms with Gasteiger partial charge in [0.1, 0.15) is 4.88 Å². The molecule has 21 heavy (non-hydrogen) atoms. The fourth-order valence-corrected chi connectivity index (χ4v) is 4.23. The molecule has 2 heterocycles. The Morgan fingerprint density at radius 3 is 2.76 bits per heavy atom. The van der Waals surface area contributed by atoms with Crippen molar-refractivity contribution in [3.63, 3.8) is 0 Å². The standard InChI is InChI=1S/C15H20ClNO3S/c1-3-5-15(14(19)20)6-4-7-17(9-15)13(18)12-11(16)10(2)8-21-12/h8H,3-7,9H2,1-2H3,(H,19,20). The molecule has 1 amide bonds. The number of amides is 1. The Bertz CT molecular complexity index is 553. The number of piperidine rings is 1. The number of nitrogens with zero attached hydrogens (tertiary/aromatic N) is 1. The number of aliphatic carboxylic acids is 1. The summed E-state index contributed by atoms with van der Waals surface area (Å²) in [6.45, 7) is 4.72. The number of rotatable bonds is 4. The van der Waals surface area contributed by atoms with Crippen molar-refractivity contribution >= 4 is 34.8 Å². The Morgan fingerprint density at radius 1 is 1.52 bits per heavy atom. The summed E-state index contributed by atoms with van der Waals surface area (Å²) in [5, 5.41) is 11.9. The molecule has 0 saturated carbocycles. The van der Waals surface area contributed by atoms with Gasteiger partial charge in [-0.15, -0.1) is 11.3 Å². The van der Waals surface area contributed by atoms with Crippen LogP contribution in [-0.2, 0) is 4.79 Å². The number of likely N-dealkylation sites (tertiary alicyclic amines) is 1. The lowest BCUT2D eigenvalue weighted by molar-refractivity contribution is -0.152. The minimum atomic E-state index is -0.804. The number of thiophene rings is 1. The fraction of sp³-hybridized carbons (Fsp3) is 0.600. The third-order valence-electron chi connectivity index (χ3n) is 4.14. The molecule has 2 rings (SSSR count). The lowest BCUT2D eigenvalue weighted by atomic mass is 9.76. The zero-order valence-corrected chi connectivity index (χ0v) is 13.9. The van der Waals surface area contributed by atoms with E-state index < -0.39 is 11.4 Å². The van der Waals surface area contributed by atoms with Crippen LogP contribution in [-0.4, -0.2) is 35.0 Å². The topological polar surface area (TPSA) is 57.6 Å². The van der Waals surface area contributed by atoms with Gasteiger partial charge in [0.15, 0.2) is 0 Å². The van der Waals surface area contributed by atoms with Crippen LogP contribution < -0.4 is 0 Å². The van der Waals surface area contributed by atoms with Gasteiger partial charge >= 0.3 is 5.97 Å². The molecule has 0 aromatic carbocycles. The summed E-state index contributed by atoms with van der Waals surface area (Å²) in [4.78, 5) is 26.5. The van der Waals surface area contributed by atoms with Crippen LogP contribution in [0.1, 0.15) is 47.8 Å². The largest absolute Gasteiger partial charge is 0.481 e. The second-order valence-electron chi connectivity index (χ2n) is 5.73. The summed E-state index contributed by atoms with van der Waals surface area (Å²) >= 11 is 7.49. The van der Waals surface area contributed by atoms with Gasteiger partial charge in [0.25, 0.3) is 5.91 Å². The van der Waals surface area contributed by atoms with E-state index in [4.69, 9.17) is 11.6 Å². The van der Waals surface area contributed by atoms with Crippen LogP contribution in [0.25, 0.3) is 0 Å². The van der Waals surface area contributed by atoms with Crippen LogP contribution in [0.2, 0.25) is 5.02 Å². The Hall–Kier alpha value is -1.07. The molecule has 0 bridgehead atoms. The monoisotopic (exact) mass is 329 g/mol. The molecule has 6 heteroatoms. The van der Waals surface area contributed by atoms with Crippen molar-refractivity contribution in [2.75, 3.05) is 13.1 Å². The summed E-state index contributed by atoms with van der Waals surface area (Å²) in [7, 11) is 0. The normalized spacial score (nSPS) is 22.3. The highest BCUT2D eigenvalue weighted by molar-refractivity contribution is 7.13. The van der Waals surface area contributed by atoms with Crippen LogP contribution >= 0.6 is 22.9 Å². The van der Waals surface area contributed by atoms with Gasteiger partial charge in [-0.05, 0) is 37.1 Å². The van der Waals surface area contributed by atoms with E-state index in [1.807, 2.05) is 19.2 Å². The average molecular weight is 330 g/mol. The number of carboxylic acid groups (broad SMARTS) is 1. The molecule has 1 aliphatic heterocycles. The number of carbonyl (C=O) groups excluding carboxylic acids is 1. The van der Waals surface area contributed by atoms with Crippen molar-refractivity contribution in [1.29, 1.82) is 0 Å². The maximum absolute atomic E-state index is 12.6. The van der Waals surface area contributed by atoms with E-state index in [-0.39, 0.29) is 12.5 Å². The minimum Gasteiger partial charge on any atom is -0.481 e. The van der Waals surface area contributed by atoms with Crippen LogP contribution in [0.3, 0.4) is 0 Å². The molecular formula is C15H20ClNO3S. The highest BCUT2D eigenvalue weighted by atomic mass is 35.5. The van der Waals surface area contributed by atoms with Crippen molar-refractivity contribution < 1.29 is 14.7 Å². The maximum Gasteiger partial charge on any atom is 0.311 e. The summed E-state index contributed by atoms with van der Waals surface area (Å²) in [5.74, 6) is -0.935. The molecule has 1 N–H and O–H groups in total. The molecule has 0 radical (unpaired) electrons. The molecule has 1 aliphatic rings. The molecule has 1 fully saturated rings. The molecule has 116 valence electrons. The van der Waals surface area contributed by atoms with E-state index in [1.165, 1.54) is 11.3 Å². The second-order valence-corrected chi connectivity index (χ2v) is 6.99. The van der Waals surface area contributed by atoms with Crippen molar-refractivity contribution in [2.45, 2.75) is 39.5 Å². The zero-order chi connectivity index (χ0) is 15.6. The van der Waals surface area contributed by atoms with Crippen LogP contribution in [0.4, 0.5) is 0 Å². The molecule has 1 aromatic heterocycles. The lowest BCUT2D eigenvalue weighted by Crippen LogP contribution is -2.49. The first-order valence-corrected chi connectivity index (χ1v) is 8.43. The zero-order valence-electron chi connectivity index (χ0n) is 12.3. The molecule has 1 unspecified atom stereocenters. The van der Waals surface area contributed by atoms with E-state index >= 15 is 0 Å². The van der Waals surface area contributed by atoms with Gasteiger partial charge in [0, 0.05) is 13.1 Å². The minimum absolute atomic E-state index is 0.139. The fourth-order valence-electron chi connectivity index (χ4n) is 2.99. The summed E-state index contributed by atoms with van der Waals surface area (Å²) in [6, 6.07) is 0. The predicted molar refractivity (Wildman–Crippen MR) is 84.2 cm³/mol. The third-order valence-corrected chi connectivity index (χ3v) is 5.82. The number of halogens is 1. The van der Waals surface area contributed by atoms with Crippen LogP contribution in [0.5, 0.6) is 0 Å². The SMILES string of the molecule is CCCC1(C(=O)O)CCCN(C(=O)c2scc(C)c2Cl)C1. The highest BCUT2D eigenvalue weighted by Crippen LogP contribution is 2.37. The van der Waals surface area contributed by atoms with Gasteiger partial charge in [-0.1, -0.05) is 24.9 Å². The van der Waals surface area contributed by atoms with Crippen molar-refractivity contribution in [1.82, 2.24) is 4.90 Å². The molecule has 1 atom stereocenters. The van der Waals surface area contributed by atoms with Crippen molar-refractivity contribution in [3.8, 4) is 0 Å². The molecule has 0 aliphatic carbocycles. The van der Waals surface area contributed by atoms with Gasteiger partial charge in [-0.2, -0.15) is 0 Å². The number of hydrogen-bond acceptors (Lipinski definition) is 3. The first kappa shape index (κ1) is 16.3. The quantitative estimate of drug-likeness (QED) is 0.913. The lowest BCUT2D eigenvalue weighted by Gasteiger charge is -2.39. The van der Waals surface area contributed by atoms with E-state index in [2.05, 4.69) is 0 Å². The first-order valence-electron chi connectivity index (χ1n) is 7.17. The third kappa shape index (κ3) is 3.09. The predicted octanol–water partition coefficient (Wildman–Crippen LogP) is 3.82. The Labute approximate surface area is 133 Å². The molecule has 1 saturated heterocycles. The average Bonchev–Trinajstić information content (AvgIpc) is 2.79. The second kappa shape index (κ2) is 6.36. The molecule has 1 aromatic rings. The Morgan fingerprint density at radius 2 is 2.24 bits per heavy atom. The highest BCUT2D eigenvalue weighted by Gasteiger charge is 2.43. The van der Waals surface area contributed by atoms with E-state index in [0.29, 0.717) is 29.3 Å². The van der Waals surface area contributed by atoms with Gasteiger partial charge in [-0.3, -0.25) is 9.59 Å². The summed E-state index contributed by atoms with van der Waals surface area (Å²) < 4.78 is 0. The van der Waals surface area contributed by atoms with Gasteiger partial charge in [0.2, 0.25) is 0 Å². The Kier molecular flexibility index (Phi) is 4.94. The first-order chi connectivity index (χ1) is 9.91.